The van der Waals surface area contributed by atoms with Crippen LogP contribution in [-0.4, -0.2) is 55.4 Å². The van der Waals surface area contributed by atoms with Crippen LogP contribution in [0.2, 0.25) is 0 Å². The number of benzene rings is 1. The average Bonchev–Trinajstić information content (AvgIpc) is 3.04. The zero-order valence-corrected chi connectivity index (χ0v) is 13.7. The first-order valence-corrected chi connectivity index (χ1v) is 9.06. The number of carbonyl (C=O) groups is 1. The van der Waals surface area contributed by atoms with Crippen molar-refractivity contribution in [1.29, 1.82) is 0 Å². The van der Waals surface area contributed by atoms with Crippen molar-refractivity contribution in [1.82, 2.24) is 10.2 Å². The van der Waals surface area contributed by atoms with Gasteiger partial charge in [-0.05, 0) is 24.5 Å². The first kappa shape index (κ1) is 15.8. The van der Waals surface area contributed by atoms with E-state index in [0.29, 0.717) is 18.9 Å². The van der Waals surface area contributed by atoms with Crippen LogP contribution < -0.4 is 5.32 Å². The van der Waals surface area contributed by atoms with Crippen LogP contribution in [0.5, 0.6) is 0 Å². The van der Waals surface area contributed by atoms with Crippen LogP contribution in [0.4, 0.5) is 0 Å². The fraction of sp³-hybridized carbons (Fsp3) is 0.588. The maximum Gasteiger partial charge on any atom is 0.224 e. The molecule has 0 spiro atoms. The van der Waals surface area contributed by atoms with E-state index in [4.69, 9.17) is 4.74 Å². The van der Waals surface area contributed by atoms with Crippen molar-refractivity contribution in [2.75, 3.05) is 38.6 Å². The van der Waals surface area contributed by atoms with Crippen LogP contribution in [-0.2, 0) is 9.53 Å². The second-order valence-electron chi connectivity index (χ2n) is 6.05. The first-order chi connectivity index (χ1) is 10.8. The van der Waals surface area contributed by atoms with Crippen molar-refractivity contribution in [3.05, 3.63) is 30.3 Å². The number of thioether (sulfide) groups is 1. The van der Waals surface area contributed by atoms with E-state index in [9.17, 15) is 4.79 Å². The maximum atomic E-state index is 12.4. The number of nitrogens with zero attached hydrogens (tertiary/aromatic N) is 1. The summed E-state index contributed by atoms with van der Waals surface area (Å²) < 4.78 is 5.42. The van der Waals surface area contributed by atoms with E-state index in [1.54, 1.807) is 0 Å². The monoisotopic (exact) mass is 320 g/mol. The summed E-state index contributed by atoms with van der Waals surface area (Å²) in [6.07, 6.45) is 1.69. The lowest BCUT2D eigenvalue weighted by Crippen LogP contribution is -2.44. The quantitative estimate of drug-likeness (QED) is 0.843. The van der Waals surface area contributed by atoms with Gasteiger partial charge in [-0.15, -0.1) is 11.8 Å². The highest BCUT2D eigenvalue weighted by atomic mass is 32.2. The Hall–Kier alpha value is -1.04. The molecule has 0 radical (unpaired) electrons. The molecular weight excluding hydrogens is 296 g/mol. The van der Waals surface area contributed by atoms with Gasteiger partial charge in [0.25, 0.3) is 0 Å². The molecule has 4 nitrogen and oxygen atoms in total. The Kier molecular flexibility index (Phi) is 5.76. The molecule has 2 heterocycles. The van der Waals surface area contributed by atoms with Crippen LogP contribution >= 0.6 is 11.8 Å². The van der Waals surface area contributed by atoms with Crippen LogP contribution in [0.1, 0.15) is 12.8 Å². The van der Waals surface area contributed by atoms with Gasteiger partial charge in [0, 0.05) is 42.7 Å². The number of rotatable bonds is 5. The van der Waals surface area contributed by atoms with Crippen molar-refractivity contribution in [3.63, 3.8) is 0 Å². The predicted octanol–water partition coefficient (Wildman–Crippen LogP) is 2.01. The molecule has 0 aromatic heterocycles. The Morgan fingerprint density at radius 1 is 1.36 bits per heavy atom. The van der Waals surface area contributed by atoms with Gasteiger partial charge in [-0.25, -0.2) is 0 Å². The summed E-state index contributed by atoms with van der Waals surface area (Å²) in [6.45, 7) is 4.09. The molecule has 5 heteroatoms. The first-order valence-electron chi connectivity index (χ1n) is 8.08. The number of likely N-dealkylation sites (tertiary alicyclic amines) is 1. The summed E-state index contributed by atoms with van der Waals surface area (Å²) in [7, 11) is 0. The number of carbonyl (C=O) groups excluding carboxylic acids is 1. The van der Waals surface area contributed by atoms with Gasteiger partial charge in [-0.1, -0.05) is 18.2 Å². The Balaban J connectivity index is 1.40. The van der Waals surface area contributed by atoms with E-state index in [0.717, 1.165) is 38.4 Å². The number of nitrogens with one attached hydrogen (secondary N) is 1. The van der Waals surface area contributed by atoms with Crippen LogP contribution in [0, 0.1) is 5.92 Å². The molecule has 1 N–H and O–H groups in total. The van der Waals surface area contributed by atoms with E-state index >= 15 is 0 Å². The second kappa shape index (κ2) is 7.99. The molecule has 2 aliphatic rings. The second-order valence-corrected chi connectivity index (χ2v) is 7.14. The Morgan fingerprint density at radius 3 is 3.00 bits per heavy atom. The number of ether oxygens (including phenoxy) is 1. The third kappa shape index (κ3) is 4.48. The topological polar surface area (TPSA) is 41.6 Å². The Labute approximate surface area is 136 Å². The summed E-state index contributed by atoms with van der Waals surface area (Å²) >= 11 is 1.90. The molecule has 2 saturated heterocycles. The summed E-state index contributed by atoms with van der Waals surface area (Å²) in [5.74, 6) is 1.98. The van der Waals surface area contributed by atoms with E-state index in [-0.39, 0.29) is 11.9 Å². The van der Waals surface area contributed by atoms with Gasteiger partial charge in [0.15, 0.2) is 0 Å². The normalized spacial score (nSPS) is 25.4. The van der Waals surface area contributed by atoms with Crippen LogP contribution in [0.25, 0.3) is 0 Å². The summed E-state index contributed by atoms with van der Waals surface area (Å²) in [6, 6.07) is 10.7. The summed E-state index contributed by atoms with van der Waals surface area (Å²) in [4.78, 5) is 15.7. The van der Waals surface area contributed by atoms with Gasteiger partial charge in [0.2, 0.25) is 5.91 Å². The van der Waals surface area contributed by atoms with E-state index in [2.05, 4.69) is 29.6 Å². The van der Waals surface area contributed by atoms with E-state index in [1.807, 2.05) is 22.7 Å². The molecule has 2 fully saturated rings. The number of hydrogen-bond acceptors (Lipinski definition) is 4. The van der Waals surface area contributed by atoms with Crippen molar-refractivity contribution < 1.29 is 9.53 Å². The average molecular weight is 320 g/mol. The fourth-order valence-electron chi connectivity index (χ4n) is 3.02. The molecule has 2 unspecified atom stereocenters. The molecule has 3 rings (SSSR count). The van der Waals surface area contributed by atoms with Gasteiger partial charge in [-0.3, -0.25) is 4.79 Å². The van der Waals surface area contributed by atoms with Crippen LogP contribution in [0.3, 0.4) is 0 Å². The highest BCUT2D eigenvalue weighted by Gasteiger charge is 2.28. The number of morpholine rings is 1. The van der Waals surface area contributed by atoms with Gasteiger partial charge in [0.05, 0.1) is 13.2 Å². The van der Waals surface area contributed by atoms with Crippen molar-refractivity contribution >= 4 is 17.7 Å². The lowest BCUT2D eigenvalue weighted by atomic mass is 10.1. The molecular formula is C17H24N2O2S. The zero-order chi connectivity index (χ0) is 15.2. The molecule has 0 saturated carbocycles. The molecule has 1 aromatic carbocycles. The van der Waals surface area contributed by atoms with E-state index < -0.39 is 0 Å². The lowest BCUT2D eigenvalue weighted by Gasteiger charge is -2.25. The largest absolute Gasteiger partial charge is 0.378 e. The third-order valence-electron chi connectivity index (χ3n) is 4.29. The molecule has 22 heavy (non-hydrogen) atoms. The summed E-state index contributed by atoms with van der Waals surface area (Å²) in [5, 5.41) is 3.35. The zero-order valence-electron chi connectivity index (χ0n) is 12.9. The van der Waals surface area contributed by atoms with Gasteiger partial charge >= 0.3 is 0 Å². The minimum absolute atomic E-state index is 0.194. The van der Waals surface area contributed by atoms with E-state index in [1.165, 1.54) is 4.90 Å². The molecule has 0 bridgehead atoms. The number of hydrogen-bond donors (Lipinski definition) is 1. The van der Waals surface area contributed by atoms with Crippen molar-refractivity contribution in [2.45, 2.75) is 23.8 Å². The molecule has 1 aromatic rings. The molecule has 1 amide bonds. The SMILES string of the molecule is O=C(CC1COCCN1)N1CCC(CSc2ccccc2)C1. The molecule has 120 valence electrons. The van der Waals surface area contributed by atoms with Crippen molar-refractivity contribution in [3.8, 4) is 0 Å². The van der Waals surface area contributed by atoms with Crippen LogP contribution in [0.15, 0.2) is 35.2 Å². The minimum atomic E-state index is 0.194. The lowest BCUT2D eigenvalue weighted by molar-refractivity contribution is -0.131. The van der Waals surface area contributed by atoms with Crippen molar-refractivity contribution in [2.24, 2.45) is 5.92 Å². The smallest absolute Gasteiger partial charge is 0.224 e. The number of amides is 1. The minimum Gasteiger partial charge on any atom is -0.378 e. The standard InChI is InChI=1S/C17H24N2O2S/c20-17(10-15-12-21-9-7-18-15)19-8-6-14(11-19)13-22-16-4-2-1-3-5-16/h1-5,14-15,18H,6-13H2. The van der Waals surface area contributed by atoms with Gasteiger partial charge in [-0.2, -0.15) is 0 Å². The highest BCUT2D eigenvalue weighted by Crippen LogP contribution is 2.26. The maximum absolute atomic E-state index is 12.4. The predicted molar refractivity (Wildman–Crippen MR) is 89.1 cm³/mol. The summed E-state index contributed by atoms with van der Waals surface area (Å²) in [5.41, 5.74) is 0. The third-order valence-corrected chi connectivity index (χ3v) is 5.53. The Morgan fingerprint density at radius 2 is 2.23 bits per heavy atom. The molecule has 2 atom stereocenters. The van der Waals surface area contributed by atoms with Gasteiger partial charge < -0.3 is 15.0 Å². The molecule has 0 aliphatic carbocycles. The Bertz CT molecular complexity index is 477. The fourth-order valence-corrected chi connectivity index (χ4v) is 4.07. The highest BCUT2D eigenvalue weighted by molar-refractivity contribution is 7.99. The van der Waals surface area contributed by atoms with Gasteiger partial charge in [0.1, 0.15) is 0 Å². The molecule has 2 aliphatic heterocycles.